The van der Waals surface area contributed by atoms with E-state index in [1.165, 1.54) is 25.3 Å². The van der Waals surface area contributed by atoms with Gasteiger partial charge in [0.2, 0.25) is 5.91 Å². The number of carbonyl (C=O) groups is 1. The summed E-state index contributed by atoms with van der Waals surface area (Å²) in [6.45, 7) is 3.00. The predicted molar refractivity (Wildman–Crippen MR) is 200 cm³/mol. The lowest BCUT2D eigenvalue weighted by Gasteiger charge is -2.41. The second-order valence-corrected chi connectivity index (χ2v) is 14.3. The minimum atomic E-state index is -5.11. The van der Waals surface area contributed by atoms with Gasteiger partial charge in [-0.1, -0.05) is 114 Å². The molecule has 7 N–H and O–H groups in total. The number of carbonyl (C=O) groups excluding carboxylic acids is 1. The van der Waals surface area contributed by atoms with E-state index in [4.69, 9.17) is 14.0 Å². The number of hydrogen-bond donors (Lipinski definition) is 7. The zero-order valence-electron chi connectivity index (χ0n) is 31.2. The lowest BCUT2D eigenvalue weighted by atomic mass is 9.99. The minimum absolute atomic E-state index is 0.222. The zero-order valence-corrected chi connectivity index (χ0v) is 32.0. The second-order valence-electron chi connectivity index (χ2n) is 13.3. The highest BCUT2D eigenvalue weighted by atomic mass is 32.3. The van der Waals surface area contributed by atoms with Crippen LogP contribution in [0, 0.1) is 0 Å². The number of nitrogens with one attached hydrogen (secondary N) is 1. The topological polar surface area (TPSA) is 212 Å². The zero-order chi connectivity index (χ0) is 38.6. The first kappa shape index (κ1) is 48.0. The third-order valence-corrected chi connectivity index (χ3v) is 9.14. The van der Waals surface area contributed by atoms with Crippen molar-refractivity contribution in [1.82, 2.24) is 5.32 Å². The molecule has 0 radical (unpaired) electrons. The van der Waals surface area contributed by atoms with Crippen LogP contribution in [0.4, 0.5) is 0 Å². The normalized spacial score (nSPS) is 23.3. The Morgan fingerprint density at radius 3 is 2.02 bits per heavy atom. The Hall–Kier alpha value is -1.98. The Kier molecular flexibility index (Phi) is 27.1. The van der Waals surface area contributed by atoms with Crippen molar-refractivity contribution in [2.24, 2.45) is 0 Å². The molecule has 1 rings (SSSR count). The highest BCUT2D eigenvalue weighted by Crippen LogP contribution is 2.26. The fourth-order valence-electron chi connectivity index (χ4n) is 5.57. The molecule has 302 valence electrons. The van der Waals surface area contributed by atoms with Crippen molar-refractivity contribution in [2.45, 2.75) is 172 Å². The minimum Gasteiger partial charge on any atom is -0.394 e. The molecule has 0 aromatic heterocycles. The molecule has 52 heavy (non-hydrogen) atoms. The summed E-state index contributed by atoms with van der Waals surface area (Å²) in [5, 5.41) is 54.6. The van der Waals surface area contributed by atoms with Gasteiger partial charge in [0.25, 0.3) is 0 Å². The molecule has 14 heteroatoms. The molecule has 1 fully saturated rings. The Morgan fingerprint density at radius 2 is 1.38 bits per heavy atom. The fraction of sp³-hybridized carbons (Fsp3) is 0.763. The van der Waals surface area contributed by atoms with Crippen molar-refractivity contribution < 1.29 is 57.0 Å². The molecule has 0 bridgehead atoms. The predicted octanol–water partition coefficient (Wildman–Crippen LogP) is 4.73. The quantitative estimate of drug-likeness (QED) is 0.0301. The van der Waals surface area contributed by atoms with Gasteiger partial charge in [-0.3, -0.25) is 9.35 Å². The molecule has 0 saturated carbocycles. The third kappa shape index (κ3) is 22.3. The molecule has 13 nitrogen and oxygen atoms in total. The van der Waals surface area contributed by atoms with Crippen LogP contribution in [0.1, 0.15) is 123 Å². The Balaban J connectivity index is 2.63. The molecule has 1 aliphatic heterocycles. The SMILES string of the molecule is CCC/C=C/CC/C=C/C(O)C(COC1OC(CO)C(O)C(OS(=O)(=O)O)C1O)NC(=O)C(O)CCCCCCCC/C=C\C/C=C\CCCCC. The van der Waals surface area contributed by atoms with Crippen molar-refractivity contribution in [1.29, 1.82) is 0 Å². The van der Waals surface area contributed by atoms with E-state index in [1.807, 2.05) is 6.08 Å². The van der Waals surface area contributed by atoms with Crippen LogP contribution >= 0.6 is 0 Å². The summed E-state index contributed by atoms with van der Waals surface area (Å²) in [6, 6.07) is -1.14. The maximum atomic E-state index is 13.0. The molecule has 1 aliphatic rings. The number of hydrogen-bond acceptors (Lipinski definition) is 11. The van der Waals surface area contributed by atoms with Crippen LogP contribution in [-0.4, -0.2) is 107 Å². The molecule has 1 saturated heterocycles. The van der Waals surface area contributed by atoms with Crippen LogP contribution in [0.25, 0.3) is 0 Å². The first-order valence-electron chi connectivity index (χ1n) is 19.1. The smallest absolute Gasteiger partial charge is 0.394 e. The maximum absolute atomic E-state index is 13.0. The van der Waals surface area contributed by atoms with E-state index in [1.54, 1.807) is 6.08 Å². The van der Waals surface area contributed by atoms with Crippen molar-refractivity contribution in [3.05, 3.63) is 48.6 Å². The molecular formula is C38H67NO12S. The molecule has 0 aliphatic carbocycles. The summed E-state index contributed by atoms with van der Waals surface area (Å²) in [5.74, 6) is -0.729. The number of amides is 1. The van der Waals surface area contributed by atoms with E-state index in [-0.39, 0.29) is 6.42 Å². The summed E-state index contributed by atoms with van der Waals surface area (Å²) in [4.78, 5) is 13.0. The summed E-state index contributed by atoms with van der Waals surface area (Å²) in [5.41, 5.74) is 0. The van der Waals surface area contributed by atoms with Crippen LogP contribution in [0.15, 0.2) is 48.6 Å². The van der Waals surface area contributed by atoms with Gasteiger partial charge >= 0.3 is 10.4 Å². The van der Waals surface area contributed by atoms with Gasteiger partial charge in [-0.25, -0.2) is 4.18 Å². The first-order valence-corrected chi connectivity index (χ1v) is 20.5. The van der Waals surface area contributed by atoms with Crippen molar-refractivity contribution >= 4 is 16.3 Å². The summed E-state index contributed by atoms with van der Waals surface area (Å²) in [6.07, 6.45) is 21.1. The Morgan fingerprint density at radius 1 is 0.788 bits per heavy atom. The molecule has 8 unspecified atom stereocenters. The van der Waals surface area contributed by atoms with Crippen LogP contribution < -0.4 is 5.32 Å². The highest BCUT2D eigenvalue weighted by Gasteiger charge is 2.48. The number of aliphatic hydroxyl groups excluding tert-OH is 5. The monoisotopic (exact) mass is 761 g/mol. The Bertz CT molecular complexity index is 1140. The molecule has 0 spiro atoms. The van der Waals surface area contributed by atoms with Gasteiger partial charge in [-0.15, -0.1) is 0 Å². The van der Waals surface area contributed by atoms with Gasteiger partial charge in [0.1, 0.15) is 30.5 Å². The van der Waals surface area contributed by atoms with Crippen LogP contribution in [0.2, 0.25) is 0 Å². The van der Waals surface area contributed by atoms with Crippen LogP contribution in [0.5, 0.6) is 0 Å². The molecule has 0 aromatic rings. The average Bonchev–Trinajstić information content (AvgIpc) is 3.11. The van der Waals surface area contributed by atoms with Crippen molar-refractivity contribution in [3.63, 3.8) is 0 Å². The summed E-state index contributed by atoms with van der Waals surface area (Å²) < 4.78 is 47.1. The maximum Gasteiger partial charge on any atom is 0.397 e. The average molecular weight is 762 g/mol. The van der Waals surface area contributed by atoms with Crippen molar-refractivity contribution in [3.8, 4) is 0 Å². The van der Waals surface area contributed by atoms with E-state index < -0.39 is 78.5 Å². The fourth-order valence-corrected chi connectivity index (χ4v) is 6.08. The lowest BCUT2D eigenvalue weighted by Crippen LogP contribution is -2.61. The third-order valence-electron chi connectivity index (χ3n) is 8.67. The molecule has 8 atom stereocenters. The lowest BCUT2D eigenvalue weighted by molar-refractivity contribution is -0.298. The highest BCUT2D eigenvalue weighted by molar-refractivity contribution is 7.80. The first-order chi connectivity index (χ1) is 24.9. The van der Waals surface area contributed by atoms with Gasteiger partial charge in [-0.2, -0.15) is 8.42 Å². The van der Waals surface area contributed by atoms with Gasteiger partial charge in [0, 0.05) is 0 Å². The van der Waals surface area contributed by atoms with Crippen molar-refractivity contribution in [2.75, 3.05) is 13.2 Å². The summed E-state index contributed by atoms with van der Waals surface area (Å²) >= 11 is 0. The standard InChI is InChI=1S/C38H67NO12S/c1-3-5-7-9-11-12-13-14-15-16-17-18-19-21-23-25-27-32(42)37(45)39-30(31(41)26-24-22-20-10-8-6-4-2)29-49-38-35(44)36(51-52(46,47)48)34(43)33(28-40)50-38/h8,10-12,14-15,24,26,30-36,38,40-44H,3-7,9,13,16-23,25,27-29H2,1-2H3,(H,39,45)(H,46,47,48)/b10-8+,12-11-,15-14-,26-24+. The van der Waals surface area contributed by atoms with Gasteiger partial charge in [-0.05, 0) is 57.8 Å². The van der Waals surface area contributed by atoms with E-state index in [2.05, 4.69) is 53.7 Å². The van der Waals surface area contributed by atoms with E-state index in [0.29, 0.717) is 12.8 Å². The van der Waals surface area contributed by atoms with Crippen LogP contribution in [-0.2, 0) is 28.9 Å². The van der Waals surface area contributed by atoms with E-state index >= 15 is 0 Å². The molecule has 0 aromatic carbocycles. The Labute approximate surface area is 311 Å². The second kappa shape index (κ2) is 29.4. The van der Waals surface area contributed by atoms with Crippen LogP contribution in [0.3, 0.4) is 0 Å². The largest absolute Gasteiger partial charge is 0.397 e. The molecule has 1 amide bonds. The van der Waals surface area contributed by atoms with Gasteiger partial charge in [0.05, 0.1) is 25.4 Å². The number of unbranched alkanes of at least 4 members (excludes halogenated alkanes) is 11. The van der Waals surface area contributed by atoms with Gasteiger partial charge < -0.3 is 40.3 Å². The molecule has 1 heterocycles. The number of rotatable bonds is 30. The number of ether oxygens (including phenoxy) is 2. The van der Waals surface area contributed by atoms with E-state index in [9.17, 15) is 38.7 Å². The summed E-state index contributed by atoms with van der Waals surface area (Å²) in [7, 11) is -5.11. The van der Waals surface area contributed by atoms with Gasteiger partial charge in [0.15, 0.2) is 6.29 Å². The number of aliphatic hydroxyl groups is 5. The van der Waals surface area contributed by atoms with E-state index in [0.717, 1.165) is 70.6 Å². The molecular weight excluding hydrogens is 694 g/mol. The number of allylic oxidation sites excluding steroid dienone is 7.